The van der Waals surface area contributed by atoms with Crippen molar-refractivity contribution in [2.75, 3.05) is 5.32 Å². The number of fused-ring (bicyclic) bond motifs is 1. The molecule has 1 aliphatic rings. The molecular formula is C22H21ClF2N4O3. The van der Waals surface area contributed by atoms with Gasteiger partial charge in [0.1, 0.15) is 0 Å². The van der Waals surface area contributed by atoms with Crippen LogP contribution >= 0.6 is 11.6 Å². The van der Waals surface area contributed by atoms with Crippen molar-refractivity contribution in [2.24, 2.45) is 0 Å². The third-order valence-corrected chi connectivity index (χ3v) is 4.93. The molecule has 0 saturated heterocycles. The topological polar surface area (TPSA) is 77.4 Å². The Labute approximate surface area is 188 Å². The number of hydrogen-bond donors (Lipinski definition) is 2. The summed E-state index contributed by atoms with van der Waals surface area (Å²) in [5.74, 6) is -0.247. The van der Waals surface area contributed by atoms with Crippen molar-refractivity contribution in [2.45, 2.75) is 39.0 Å². The van der Waals surface area contributed by atoms with Gasteiger partial charge < -0.3 is 20.1 Å². The maximum absolute atomic E-state index is 13.2. The van der Waals surface area contributed by atoms with Gasteiger partial charge in [0.05, 0.1) is 23.6 Å². The lowest BCUT2D eigenvalue weighted by Crippen LogP contribution is -2.29. The second-order valence-electron chi connectivity index (χ2n) is 8.30. The minimum Gasteiger partial charge on any atom is -0.395 e. The molecule has 0 spiro atoms. The monoisotopic (exact) mass is 462 g/mol. The highest BCUT2D eigenvalue weighted by molar-refractivity contribution is 6.30. The van der Waals surface area contributed by atoms with Crippen LogP contribution in [0.1, 0.15) is 32.2 Å². The van der Waals surface area contributed by atoms with E-state index in [1.54, 1.807) is 16.8 Å². The smallest absolute Gasteiger partial charge is 0.395 e. The molecule has 2 heterocycles. The van der Waals surface area contributed by atoms with Crippen molar-refractivity contribution < 1.29 is 23.0 Å². The fourth-order valence-electron chi connectivity index (χ4n) is 3.12. The third-order valence-electron chi connectivity index (χ3n) is 4.69. The first-order chi connectivity index (χ1) is 15.0. The van der Waals surface area contributed by atoms with Crippen LogP contribution in [-0.2, 0) is 12.0 Å². The van der Waals surface area contributed by atoms with Gasteiger partial charge in [0.2, 0.25) is 0 Å². The number of nitrogens with one attached hydrogen (secondary N) is 2. The van der Waals surface area contributed by atoms with Crippen molar-refractivity contribution in [1.29, 1.82) is 0 Å². The number of urea groups is 1. The van der Waals surface area contributed by atoms with Crippen LogP contribution in [0.3, 0.4) is 0 Å². The molecule has 1 aliphatic heterocycles. The zero-order valence-corrected chi connectivity index (χ0v) is 18.3. The molecule has 2 aromatic carbocycles. The predicted octanol–water partition coefficient (Wildman–Crippen LogP) is 5.47. The summed E-state index contributed by atoms with van der Waals surface area (Å²) < 4.78 is 36.8. The van der Waals surface area contributed by atoms with Gasteiger partial charge in [-0.15, -0.1) is 8.78 Å². The fourth-order valence-corrected chi connectivity index (χ4v) is 3.30. The molecule has 3 aromatic rings. The summed E-state index contributed by atoms with van der Waals surface area (Å²) in [6, 6.07) is 12.7. The van der Waals surface area contributed by atoms with Crippen LogP contribution in [0.4, 0.5) is 19.3 Å². The van der Waals surface area contributed by atoms with Crippen molar-refractivity contribution in [3.63, 3.8) is 0 Å². The highest BCUT2D eigenvalue weighted by atomic mass is 35.5. The summed E-state index contributed by atoms with van der Waals surface area (Å²) in [7, 11) is 0. The Balaban J connectivity index is 1.49. The fraction of sp³-hybridized carbons (Fsp3) is 0.273. The maximum atomic E-state index is 13.2. The molecule has 0 fully saturated rings. The summed E-state index contributed by atoms with van der Waals surface area (Å²) in [6.07, 6.45) is -3.72. The number of rotatable bonds is 4. The minimum atomic E-state index is -3.72. The van der Waals surface area contributed by atoms with Gasteiger partial charge in [0.25, 0.3) is 0 Å². The second-order valence-corrected chi connectivity index (χ2v) is 8.74. The Morgan fingerprint density at radius 3 is 2.59 bits per heavy atom. The van der Waals surface area contributed by atoms with Crippen LogP contribution < -0.4 is 20.1 Å². The molecule has 1 aromatic heterocycles. The number of ether oxygens (including phenoxy) is 2. The molecule has 2 amide bonds. The van der Waals surface area contributed by atoms with Crippen molar-refractivity contribution in [3.8, 4) is 17.2 Å². The number of alkyl halides is 2. The number of carbonyl (C=O) groups excluding carboxylic acids is 1. The molecule has 2 N–H and O–H groups in total. The molecule has 7 nitrogen and oxygen atoms in total. The molecular weight excluding hydrogens is 442 g/mol. The van der Waals surface area contributed by atoms with Gasteiger partial charge in [-0.2, -0.15) is 5.10 Å². The van der Waals surface area contributed by atoms with Gasteiger partial charge >= 0.3 is 12.3 Å². The van der Waals surface area contributed by atoms with E-state index in [0.29, 0.717) is 5.02 Å². The van der Waals surface area contributed by atoms with E-state index >= 15 is 0 Å². The highest BCUT2D eigenvalue weighted by Gasteiger charge is 2.43. The van der Waals surface area contributed by atoms with Gasteiger partial charge in [-0.1, -0.05) is 38.4 Å². The first kappa shape index (κ1) is 21.9. The van der Waals surface area contributed by atoms with E-state index in [9.17, 15) is 13.6 Å². The molecule has 32 heavy (non-hydrogen) atoms. The number of aromatic nitrogens is 2. The number of benzene rings is 2. The molecule has 10 heteroatoms. The molecule has 0 radical (unpaired) electrons. The van der Waals surface area contributed by atoms with Crippen LogP contribution in [0.5, 0.6) is 11.5 Å². The SMILES string of the molecule is CC(C)(C)c1cc(CNC(=O)Nc2ccc3c(c2)OC(F)(F)O3)n(-c2cccc(Cl)c2)n1. The van der Waals surface area contributed by atoms with Gasteiger partial charge in [0.15, 0.2) is 11.5 Å². The first-order valence-corrected chi connectivity index (χ1v) is 10.2. The van der Waals surface area contributed by atoms with Crippen LogP contribution in [-0.4, -0.2) is 22.1 Å². The Morgan fingerprint density at radius 2 is 1.88 bits per heavy atom. The Morgan fingerprint density at radius 1 is 1.12 bits per heavy atom. The number of halogens is 3. The van der Waals surface area contributed by atoms with E-state index in [0.717, 1.165) is 17.1 Å². The van der Waals surface area contributed by atoms with Gasteiger partial charge in [-0.05, 0) is 36.4 Å². The lowest BCUT2D eigenvalue weighted by Gasteiger charge is -2.14. The van der Waals surface area contributed by atoms with E-state index in [2.05, 4.69) is 20.1 Å². The van der Waals surface area contributed by atoms with Gasteiger partial charge in [0, 0.05) is 22.2 Å². The molecule has 0 saturated carbocycles. The average Bonchev–Trinajstić information content (AvgIpc) is 3.25. The number of nitrogens with zero attached hydrogens (tertiary/aromatic N) is 2. The number of amides is 2. The standard InChI is InChI=1S/C22H21ClF2N4O3/c1-21(2,3)19-11-16(29(28-19)15-6-4-5-13(23)9-15)12-26-20(30)27-14-7-8-17-18(10-14)32-22(24,25)31-17/h4-11H,12H2,1-3H3,(H2,26,27,30). The van der Waals surface area contributed by atoms with E-state index in [-0.39, 0.29) is 29.1 Å². The number of carbonyl (C=O) groups is 1. The largest absolute Gasteiger partial charge is 0.586 e. The molecule has 4 rings (SSSR count). The molecule has 168 valence electrons. The Hall–Kier alpha value is -3.33. The predicted molar refractivity (Wildman–Crippen MR) is 116 cm³/mol. The minimum absolute atomic E-state index is 0.0962. The van der Waals surface area contributed by atoms with Crippen LogP contribution in [0.2, 0.25) is 5.02 Å². The quantitative estimate of drug-likeness (QED) is 0.539. The van der Waals surface area contributed by atoms with Crippen LogP contribution in [0.25, 0.3) is 5.69 Å². The molecule has 0 atom stereocenters. The summed E-state index contributed by atoms with van der Waals surface area (Å²) in [6.45, 7) is 6.31. The van der Waals surface area contributed by atoms with E-state index in [1.165, 1.54) is 18.2 Å². The zero-order chi connectivity index (χ0) is 23.1. The third kappa shape index (κ3) is 4.77. The van der Waals surface area contributed by atoms with E-state index in [4.69, 9.17) is 16.7 Å². The van der Waals surface area contributed by atoms with E-state index in [1.807, 2.05) is 39.0 Å². The van der Waals surface area contributed by atoms with Crippen LogP contribution in [0.15, 0.2) is 48.5 Å². The zero-order valence-electron chi connectivity index (χ0n) is 17.6. The lowest BCUT2D eigenvalue weighted by molar-refractivity contribution is -0.286. The highest BCUT2D eigenvalue weighted by Crippen LogP contribution is 2.42. The summed E-state index contributed by atoms with van der Waals surface area (Å²) in [5.41, 5.74) is 2.45. The summed E-state index contributed by atoms with van der Waals surface area (Å²) in [5, 5.41) is 10.6. The van der Waals surface area contributed by atoms with E-state index < -0.39 is 12.3 Å². The summed E-state index contributed by atoms with van der Waals surface area (Å²) in [4.78, 5) is 12.4. The van der Waals surface area contributed by atoms with Gasteiger partial charge in [-0.25, -0.2) is 9.48 Å². The number of hydrogen-bond acceptors (Lipinski definition) is 4. The molecule has 0 unspecified atom stereocenters. The molecule has 0 bridgehead atoms. The van der Waals surface area contributed by atoms with Crippen LogP contribution in [0, 0.1) is 0 Å². The lowest BCUT2D eigenvalue weighted by atomic mass is 9.92. The summed E-state index contributed by atoms with van der Waals surface area (Å²) >= 11 is 6.13. The Kier molecular flexibility index (Phi) is 5.46. The van der Waals surface area contributed by atoms with Gasteiger partial charge in [-0.3, -0.25) is 0 Å². The van der Waals surface area contributed by atoms with Crippen molar-refractivity contribution in [1.82, 2.24) is 15.1 Å². The normalized spacial score (nSPS) is 14.3. The maximum Gasteiger partial charge on any atom is 0.586 e. The second kappa shape index (κ2) is 7.98. The average molecular weight is 463 g/mol. The first-order valence-electron chi connectivity index (χ1n) is 9.80. The Bertz CT molecular complexity index is 1170. The van der Waals surface area contributed by atoms with Crippen molar-refractivity contribution >= 4 is 23.3 Å². The van der Waals surface area contributed by atoms with Crippen molar-refractivity contribution in [3.05, 3.63) is 64.9 Å². The number of anilines is 1. The molecule has 0 aliphatic carbocycles.